The van der Waals surface area contributed by atoms with Crippen molar-refractivity contribution in [1.82, 2.24) is 4.90 Å². The lowest BCUT2D eigenvalue weighted by Crippen LogP contribution is -2.29. The van der Waals surface area contributed by atoms with Crippen LogP contribution in [0.4, 0.5) is 4.79 Å². The average Bonchev–Trinajstić information content (AvgIpc) is 2.71. The summed E-state index contributed by atoms with van der Waals surface area (Å²) < 4.78 is 5.13. The maximum Gasteiger partial charge on any atom is 0.410 e. The van der Waals surface area contributed by atoms with Gasteiger partial charge in [-0.05, 0) is 31.4 Å². The molecule has 4 heteroatoms. The van der Waals surface area contributed by atoms with Crippen molar-refractivity contribution in [3.8, 4) is 0 Å². The Balaban J connectivity index is 1.95. The first-order valence-electron chi connectivity index (χ1n) is 6.32. The molecule has 0 aliphatic carbocycles. The van der Waals surface area contributed by atoms with Gasteiger partial charge in [0.15, 0.2) is 0 Å². The van der Waals surface area contributed by atoms with Gasteiger partial charge in [0.25, 0.3) is 0 Å². The van der Waals surface area contributed by atoms with E-state index in [0.29, 0.717) is 19.6 Å². The second-order valence-electron chi connectivity index (χ2n) is 4.87. The third-order valence-electron chi connectivity index (χ3n) is 3.37. The van der Waals surface area contributed by atoms with E-state index in [-0.39, 0.29) is 12.2 Å². The van der Waals surface area contributed by atoms with E-state index in [9.17, 15) is 4.79 Å². The molecule has 0 spiro atoms. The standard InChI is InChI=1S/C14H20N2O2/c1-10-3-4-11(2)12(7-10)5-6-16-9-13(8-15)18-14(16)17/h3-4,7,13H,5-6,8-9,15H2,1-2H3. The minimum absolute atomic E-state index is 0.142. The van der Waals surface area contributed by atoms with Gasteiger partial charge in [-0.2, -0.15) is 0 Å². The van der Waals surface area contributed by atoms with E-state index in [2.05, 4.69) is 32.0 Å². The second kappa shape index (κ2) is 5.40. The lowest BCUT2D eigenvalue weighted by Gasteiger charge is -2.14. The van der Waals surface area contributed by atoms with E-state index in [0.717, 1.165) is 6.42 Å². The van der Waals surface area contributed by atoms with Crippen molar-refractivity contribution in [2.24, 2.45) is 5.73 Å². The van der Waals surface area contributed by atoms with Gasteiger partial charge in [0.05, 0.1) is 6.54 Å². The van der Waals surface area contributed by atoms with E-state index >= 15 is 0 Å². The number of hydrogen-bond donors (Lipinski definition) is 1. The fraction of sp³-hybridized carbons (Fsp3) is 0.500. The third kappa shape index (κ3) is 2.82. The van der Waals surface area contributed by atoms with Crippen LogP contribution in [0.5, 0.6) is 0 Å². The fourth-order valence-electron chi connectivity index (χ4n) is 2.20. The molecule has 18 heavy (non-hydrogen) atoms. The second-order valence-corrected chi connectivity index (χ2v) is 4.87. The molecule has 1 aromatic carbocycles. The molecular weight excluding hydrogens is 228 g/mol. The van der Waals surface area contributed by atoms with Gasteiger partial charge in [-0.25, -0.2) is 4.79 Å². The minimum atomic E-state index is -0.240. The molecule has 4 nitrogen and oxygen atoms in total. The monoisotopic (exact) mass is 248 g/mol. The molecule has 0 aromatic heterocycles. The highest BCUT2D eigenvalue weighted by molar-refractivity contribution is 5.69. The predicted molar refractivity (Wildman–Crippen MR) is 70.5 cm³/mol. The summed E-state index contributed by atoms with van der Waals surface area (Å²) in [6, 6.07) is 6.40. The van der Waals surface area contributed by atoms with Gasteiger partial charge in [0.1, 0.15) is 6.10 Å². The van der Waals surface area contributed by atoms with Gasteiger partial charge >= 0.3 is 6.09 Å². The number of cyclic esters (lactones) is 1. The van der Waals surface area contributed by atoms with Crippen LogP contribution < -0.4 is 5.73 Å². The van der Waals surface area contributed by atoms with Crippen LogP contribution in [0.3, 0.4) is 0 Å². The number of amides is 1. The van der Waals surface area contributed by atoms with Gasteiger partial charge in [0.2, 0.25) is 0 Å². The summed E-state index contributed by atoms with van der Waals surface area (Å²) in [6.07, 6.45) is 0.478. The molecule has 2 rings (SSSR count). The van der Waals surface area contributed by atoms with Gasteiger partial charge in [-0.1, -0.05) is 23.8 Å². The number of aryl methyl sites for hydroxylation is 2. The van der Waals surface area contributed by atoms with E-state index in [1.165, 1.54) is 16.7 Å². The van der Waals surface area contributed by atoms with Crippen LogP contribution in [0.1, 0.15) is 16.7 Å². The Hall–Kier alpha value is -1.55. The Morgan fingerprint density at radius 3 is 2.89 bits per heavy atom. The van der Waals surface area contributed by atoms with Crippen molar-refractivity contribution in [3.63, 3.8) is 0 Å². The highest BCUT2D eigenvalue weighted by Gasteiger charge is 2.29. The van der Waals surface area contributed by atoms with Crippen LogP contribution in [-0.4, -0.2) is 36.7 Å². The normalized spacial score (nSPS) is 19.2. The van der Waals surface area contributed by atoms with Crippen LogP contribution in [0, 0.1) is 13.8 Å². The third-order valence-corrected chi connectivity index (χ3v) is 3.37. The number of rotatable bonds is 4. The molecule has 1 fully saturated rings. The number of nitrogens with two attached hydrogens (primary N) is 1. The highest BCUT2D eigenvalue weighted by atomic mass is 16.6. The molecule has 1 aliphatic rings. The van der Waals surface area contributed by atoms with E-state index in [1.54, 1.807) is 4.90 Å². The molecular formula is C14H20N2O2. The molecule has 0 saturated carbocycles. The maximum atomic E-state index is 11.6. The highest BCUT2D eigenvalue weighted by Crippen LogP contribution is 2.15. The first-order chi connectivity index (χ1) is 8.60. The van der Waals surface area contributed by atoms with Crippen molar-refractivity contribution < 1.29 is 9.53 Å². The maximum absolute atomic E-state index is 11.6. The van der Waals surface area contributed by atoms with Crippen molar-refractivity contribution in [2.45, 2.75) is 26.4 Å². The largest absolute Gasteiger partial charge is 0.443 e. The van der Waals surface area contributed by atoms with E-state index in [1.807, 2.05) is 0 Å². The molecule has 1 saturated heterocycles. The van der Waals surface area contributed by atoms with Gasteiger partial charge in [0, 0.05) is 13.1 Å². The molecule has 0 radical (unpaired) electrons. The minimum Gasteiger partial charge on any atom is -0.443 e. The quantitative estimate of drug-likeness (QED) is 0.881. The van der Waals surface area contributed by atoms with Crippen molar-refractivity contribution in [1.29, 1.82) is 0 Å². The number of carbonyl (C=O) groups is 1. The van der Waals surface area contributed by atoms with E-state index in [4.69, 9.17) is 10.5 Å². The van der Waals surface area contributed by atoms with Crippen LogP contribution in [0.2, 0.25) is 0 Å². The lowest BCUT2D eigenvalue weighted by atomic mass is 10.0. The topological polar surface area (TPSA) is 55.6 Å². The molecule has 1 amide bonds. The van der Waals surface area contributed by atoms with Gasteiger partial charge in [-0.15, -0.1) is 0 Å². The summed E-state index contributed by atoms with van der Waals surface area (Å²) in [4.78, 5) is 13.3. The fourth-order valence-corrected chi connectivity index (χ4v) is 2.20. The van der Waals surface area contributed by atoms with Crippen molar-refractivity contribution in [3.05, 3.63) is 34.9 Å². The van der Waals surface area contributed by atoms with Crippen LogP contribution in [0.25, 0.3) is 0 Å². The zero-order valence-electron chi connectivity index (χ0n) is 11.0. The molecule has 1 unspecified atom stereocenters. The average molecular weight is 248 g/mol. The first-order valence-corrected chi connectivity index (χ1v) is 6.32. The molecule has 98 valence electrons. The zero-order valence-corrected chi connectivity index (χ0v) is 11.0. The molecule has 1 atom stereocenters. The molecule has 1 heterocycles. The molecule has 2 N–H and O–H groups in total. The van der Waals surface area contributed by atoms with Gasteiger partial charge < -0.3 is 15.4 Å². The summed E-state index contributed by atoms with van der Waals surface area (Å²) in [5.74, 6) is 0. The number of benzene rings is 1. The number of nitrogens with zero attached hydrogens (tertiary/aromatic N) is 1. The molecule has 1 aliphatic heterocycles. The predicted octanol–water partition coefficient (Wildman–Crippen LogP) is 1.63. The van der Waals surface area contributed by atoms with Crippen LogP contribution in [-0.2, 0) is 11.2 Å². The summed E-state index contributed by atoms with van der Waals surface area (Å²) in [6.45, 7) is 5.88. The van der Waals surface area contributed by atoms with Crippen molar-refractivity contribution >= 4 is 6.09 Å². The summed E-state index contributed by atoms with van der Waals surface area (Å²) >= 11 is 0. The Morgan fingerprint density at radius 2 is 2.22 bits per heavy atom. The Labute approximate surface area is 108 Å². The summed E-state index contributed by atoms with van der Waals surface area (Å²) in [5, 5.41) is 0. The summed E-state index contributed by atoms with van der Waals surface area (Å²) in [5.41, 5.74) is 9.31. The van der Waals surface area contributed by atoms with E-state index < -0.39 is 0 Å². The van der Waals surface area contributed by atoms with Gasteiger partial charge in [-0.3, -0.25) is 0 Å². The lowest BCUT2D eigenvalue weighted by molar-refractivity contribution is 0.135. The first kappa shape index (κ1) is 12.9. The smallest absolute Gasteiger partial charge is 0.410 e. The Morgan fingerprint density at radius 1 is 1.44 bits per heavy atom. The van der Waals surface area contributed by atoms with Crippen molar-refractivity contribution in [2.75, 3.05) is 19.6 Å². The number of ether oxygens (including phenoxy) is 1. The Kier molecular flexibility index (Phi) is 3.87. The van der Waals surface area contributed by atoms with Crippen LogP contribution in [0.15, 0.2) is 18.2 Å². The number of hydrogen-bond acceptors (Lipinski definition) is 3. The van der Waals surface area contributed by atoms with Crippen LogP contribution >= 0.6 is 0 Å². The zero-order chi connectivity index (χ0) is 13.1. The molecule has 1 aromatic rings. The molecule has 0 bridgehead atoms. The number of carbonyl (C=O) groups excluding carboxylic acids is 1. The Bertz CT molecular complexity index is 445. The SMILES string of the molecule is Cc1ccc(C)c(CCN2CC(CN)OC2=O)c1. The summed E-state index contributed by atoms with van der Waals surface area (Å²) in [7, 11) is 0.